The summed E-state index contributed by atoms with van der Waals surface area (Å²) in [6, 6.07) is 0. The molecule has 0 aliphatic carbocycles. The number of carbonyl (C=O) groups is 1. The molecule has 1 amide bonds. The Morgan fingerprint density at radius 1 is 1.31 bits per heavy atom. The molecule has 0 saturated heterocycles. The summed E-state index contributed by atoms with van der Waals surface area (Å²) in [5, 5.41) is 0. The fourth-order valence-corrected chi connectivity index (χ4v) is 0.915. The van der Waals surface area contributed by atoms with E-state index in [4.69, 9.17) is 4.74 Å². The largest absolute Gasteiger partial charge is 0.369 e. The highest BCUT2D eigenvalue weighted by molar-refractivity contribution is 5.79. The highest BCUT2D eigenvalue weighted by Gasteiger charge is 2.14. The second-order valence-corrected chi connectivity index (χ2v) is 3.93. The van der Waals surface area contributed by atoms with E-state index in [0.29, 0.717) is 12.5 Å². The highest BCUT2D eigenvalue weighted by Crippen LogP contribution is 2.02. The van der Waals surface area contributed by atoms with Crippen molar-refractivity contribution in [3.8, 4) is 0 Å². The van der Waals surface area contributed by atoms with Crippen LogP contribution < -0.4 is 0 Å². The van der Waals surface area contributed by atoms with Gasteiger partial charge in [0.05, 0.1) is 0 Å². The van der Waals surface area contributed by atoms with E-state index < -0.39 is 0 Å². The zero-order chi connectivity index (χ0) is 10.4. The second-order valence-electron chi connectivity index (χ2n) is 3.93. The van der Waals surface area contributed by atoms with Gasteiger partial charge in [0.1, 0.15) is 6.10 Å². The third-order valence-electron chi connectivity index (χ3n) is 1.85. The maximum Gasteiger partial charge on any atom is 0.250 e. The second kappa shape index (κ2) is 5.97. The molecular weight excluding hydrogens is 166 g/mol. The van der Waals surface area contributed by atoms with Gasteiger partial charge in [-0.3, -0.25) is 4.79 Å². The van der Waals surface area contributed by atoms with E-state index in [2.05, 4.69) is 13.8 Å². The van der Waals surface area contributed by atoms with Crippen LogP contribution in [-0.2, 0) is 9.53 Å². The number of ether oxygens (including phenoxy) is 1. The monoisotopic (exact) mass is 187 g/mol. The molecule has 0 aliphatic heterocycles. The Morgan fingerprint density at radius 2 is 1.85 bits per heavy atom. The summed E-state index contributed by atoms with van der Waals surface area (Å²) in [5.74, 6) is 0.658. The molecule has 3 nitrogen and oxygen atoms in total. The lowest BCUT2D eigenvalue weighted by Gasteiger charge is -2.17. The van der Waals surface area contributed by atoms with Crippen molar-refractivity contribution >= 4 is 5.91 Å². The van der Waals surface area contributed by atoms with E-state index in [1.807, 2.05) is 0 Å². The number of carbonyl (C=O) groups excluding carboxylic acids is 1. The molecule has 13 heavy (non-hydrogen) atoms. The summed E-state index contributed by atoms with van der Waals surface area (Å²) in [6.45, 7) is 6.74. The smallest absolute Gasteiger partial charge is 0.250 e. The molecule has 0 N–H and O–H groups in total. The summed E-state index contributed by atoms with van der Waals surface area (Å²) >= 11 is 0. The van der Waals surface area contributed by atoms with Crippen LogP contribution in [0.3, 0.4) is 0 Å². The van der Waals surface area contributed by atoms with Gasteiger partial charge in [0.2, 0.25) is 0 Å². The lowest BCUT2D eigenvalue weighted by Crippen LogP contribution is -2.33. The maximum atomic E-state index is 11.3. The molecule has 3 heteroatoms. The Morgan fingerprint density at radius 3 is 2.23 bits per heavy atom. The molecule has 0 aliphatic rings. The Balaban J connectivity index is 3.62. The van der Waals surface area contributed by atoms with Crippen LogP contribution in [0.25, 0.3) is 0 Å². The first-order chi connectivity index (χ1) is 5.95. The molecular formula is C10H21NO2. The van der Waals surface area contributed by atoms with Crippen molar-refractivity contribution in [2.24, 2.45) is 5.92 Å². The molecule has 0 bridgehead atoms. The summed E-state index contributed by atoms with van der Waals surface area (Å²) in [4.78, 5) is 12.9. The Hall–Kier alpha value is -0.570. The van der Waals surface area contributed by atoms with Crippen LogP contribution in [-0.4, -0.2) is 37.6 Å². The van der Waals surface area contributed by atoms with Crippen LogP contribution >= 0.6 is 0 Å². The first-order valence-electron chi connectivity index (χ1n) is 4.78. The molecule has 0 fully saturated rings. The van der Waals surface area contributed by atoms with Crippen LogP contribution in [0.1, 0.15) is 27.2 Å². The number of amides is 1. The van der Waals surface area contributed by atoms with Crippen molar-refractivity contribution in [1.29, 1.82) is 0 Å². The van der Waals surface area contributed by atoms with Crippen molar-refractivity contribution in [3.63, 3.8) is 0 Å². The zero-order valence-electron chi connectivity index (χ0n) is 9.33. The van der Waals surface area contributed by atoms with Gasteiger partial charge >= 0.3 is 0 Å². The molecule has 0 heterocycles. The molecule has 0 saturated carbocycles. The molecule has 0 spiro atoms. The lowest BCUT2D eigenvalue weighted by atomic mass is 10.1. The van der Waals surface area contributed by atoms with Crippen molar-refractivity contribution < 1.29 is 9.53 Å². The van der Waals surface area contributed by atoms with E-state index in [-0.39, 0.29) is 12.0 Å². The van der Waals surface area contributed by atoms with Crippen molar-refractivity contribution in [2.45, 2.75) is 33.3 Å². The fraction of sp³-hybridized carbons (Fsp3) is 0.900. The van der Waals surface area contributed by atoms with Crippen LogP contribution in [0.15, 0.2) is 0 Å². The summed E-state index contributed by atoms with van der Waals surface area (Å²) in [5.41, 5.74) is 0. The predicted molar refractivity (Wildman–Crippen MR) is 53.6 cm³/mol. The van der Waals surface area contributed by atoms with Crippen LogP contribution in [0.4, 0.5) is 0 Å². The number of rotatable bonds is 5. The van der Waals surface area contributed by atoms with Gasteiger partial charge in [-0.05, 0) is 19.3 Å². The van der Waals surface area contributed by atoms with Crippen molar-refractivity contribution in [1.82, 2.24) is 4.90 Å². The average molecular weight is 187 g/mol. The third kappa shape index (κ3) is 5.64. The van der Waals surface area contributed by atoms with Crippen LogP contribution in [0.2, 0.25) is 0 Å². The van der Waals surface area contributed by atoms with Gasteiger partial charge in [0.25, 0.3) is 5.91 Å². The quantitative estimate of drug-likeness (QED) is 0.653. The van der Waals surface area contributed by atoms with Gasteiger partial charge < -0.3 is 9.64 Å². The van der Waals surface area contributed by atoms with E-state index in [1.54, 1.807) is 25.9 Å². The summed E-state index contributed by atoms with van der Waals surface area (Å²) in [6.07, 6.45) is 0.694. The Kier molecular flexibility index (Phi) is 5.71. The van der Waals surface area contributed by atoms with E-state index in [9.17, 15) is 4.79 Å². The summed E-state index contributed by atoms with van der Waals surface area (Å²) < 4.78 is 5.38. The molecule has 1 atom stereocenters. The molecule has 0 aromatic carbocycles. The van der Waals surface area contributed by atoms with Crippen molar-refractivity contribution in [3.05, 3.63) is 0 Å². The first kappa shape index (κ1) is 12.4. The number of hydrogen-bond acceptors (Lipinski definition) is 2. The number of nitrogens with zero attached hydrogens (tertiary/aromatic N) is 1. The van der Waals surface area contributed by atoms with E-state index in [1.165, 1.54) is 0 Å². The minimum atomic E-state index is -0.311. The third-order valence-corrected chi connectivity index (χ3v) is 1.85. The molecule has 0 aromatic rings. The van der Waals surface area contributed by atoms with Gasteiger partial charge in [0, 0.05) is 20.7 Å². The molecule has 0 radical (unpaired) electrons. The maximum absolute atomic E-state index is 11.3. The van der Waals surface area contributed by atoms with Crippen LogP contribution in [0, 0.1) is 5.92 Å². The first-order valence-corrected chi connectivity index (χ1v) is 4.78. The van der Waals surface area contributed by atoms with Crippen molar-refractivity contribution in [2.75, 3.05) is 20.7 Å². The van der Waals surface area contributed by atoms with Gasteiger partial charge in [-0.1, -0.05) is 13.8 Å². The highest BCUT2D eigenvalue weighted by atomic mass is 16.5. The molecule has 0 aromatic heterocycles. The Labute approximate surface area is 81.1 Å². The summed E-state index contributed by atoms with van der Waals surface area (Å²) in [7, 11) is 3.48. The molecule has 0 rings (SSSR count). The van der Waals surface area contributed by atoms with Gasteiger partial charge in [-0.25, -0.2) is 0 Å². The normalized spacial score (nSPS) is 13.1. The number of hydrogen-bond donors (Lipinski definition) is 0. The van der Waals surface area contributed by atoms with Gasteiger partial charge in [-0.2, -0.15) is 0 Å². The van der Waals surface area contributed by atoms with Crippen LogP contribution in [0.5, 0.6) is 0 Å². The van der Waals surface area contributed by atoms with E-state index in [0.717, 1.165) is 6.42 Å². The number of likely N-dealkylation sites (N-methyl/N-ethyl adjacent to an activating group) is 1. The minimum Gasteiger partial charge on any atom is -0.369 e. The SMILES string of the molecule is CC(C)CCOC(C)C(=O)N(C)C. The molecule has 1 unspecified atom stereocenters. The topological polar surface area (TPSA) is 29.5 Å². The Bertz CT molecular complexity index is 155. The zero-order valence-corrected chi connectivity index (χ0v) is 9.33. The molecule has 78 valence electrons. The lowest BCUT2D eigenvalue weighted by molar-refractivity contribution is -0.140. The van der Waals surface area contributed by atoms with E-state index >= 15 is 0 Å². The fourth-order valence-electron chi connectivity index (χ4n) is 0.915. The minimum absolute atomic E-state index is 0.0313. The average Bonchev–Trinajstić information content (AvgIpc) is 2.02. The predicted octanol–water partition coefficient (Wildman–Crippen LogP) is 1.53. The van der Waals surface area contributed by atoms with Gasteiger partial charge in [-0.15, -0.1) is 0 Å². The standard InChI is InChI=1S/C10H21NO2/c1-8(2)6-7-13-9(3)10(12)11(4)5/h8-9H,6-7H2,1-5H3. The van der Waals surface area contributed by atoms with Gasteiger partial charge in [0.15, 0.2) is 0 Å².